The minimum atomic E-state index is 0.863. The van der Waals surface area contributed by atoms with Crippen molar-refractivity contribution in [2.45, 2.75) is 36.3 Å². The molecule has 2 atom stereocenters. The molecule has 0 saturated heterocycles. The zero-order valence-electron chi connectivity index (χ0n) is 8.07. The Morgan fingerprint density at radius 3 is 2.54 bits per heavy atom. The zero-order valence-corrected chi connectivity index (χ0v) is 8.89. The van der Waals surface area contributed by atoms with E-state index in [0.29, 0.717) is 0 Å². The topological polar surface area (TPSA) is 0 Å². The average Bonchev–Trinajstić information content (AvgIpc) is 2.54. The molecule has 1 heteroatoms. The third-order valence-corrected chi connectivity index (χ3v) is 4.36. The van der Waals surface area contributed by atoms with Gasteiger partial charge in [-0.3, -0.25) is 0 Å². The molecule has 0 heterocycles. The highest BCUT2D eigenvalue weighted by molar-refractivity contribution is 8.00. The Kier molecular flexibility index (Phi) is 2.94. The Balaban J connectivity index is 1.98. The summed E-state index contributed by atoms with van der Waals surface area (Å²) in [4.78, 5) is 1.43. The van der Waals surface area contributed by atoms with Crippen molar-refractivity contribution in [2.24, 2.45) is 5.92 Å². The molecule has 1 aromatic rings. The van der Waals surface area contributed by atoms with Gasteiger partial charge in [0.2, 0.25) is 0 Å². The lowest BCUT2D eigenvalue weighted by Crippen LogP contribution is -2.04. The molecular formula is C12H16S. The van der Waals surface area contributed by atoms with Crippen LogP contribution in [0.5, 0.6) is 0 Å². The molecule has 1 saturated carbocycles. The number of rotatable bonds is 2. The van der Waals surface area contributed by atoms with Crippen molar-refractivity contribution in [1.82, 2.24) is 0 Å². The van der Waals surface area contributed by atoms with Crippen molar-refractivity contribution >= 4 is 11.8 Å². The zero-order chi connectivity index (χ0) is 9.10. The highest BCUT2D eigenvalue weighted by Crippen LogP contribution is 2.38. The van der Waals surface area contributed by atoms with Gasteiger partial charge in [-0.15, -0.1) is 11.8 Å². The van der Waals surface area contributed by atoms with Gasteiger partial charge in [0.05, 0.1) is 0 Å². The molecule has 70 valence electrons. The molecule has 0 N–H and O–H groups in total. The second-order valence-corrected chi connectivity index (χ2v) is 5.19. The van der Waals surface area contributed by atoms with Crippen LogP contribution in [-0.2, 0) is 0 Å². The predicted molar refractivity (Wildman–Crippen MR) is 59.1 cm³/mol. The van der Waals surface area contributed by atoms with Gasteiger partial charge in [0.25, 0.3) is 0 Å². The van der Waals surface area contributed by atoms with Crippen LogP contribution in [0, 0.1) is 5.92 Å². The van der Waals surface area contributed by atoms with E-state index < -0.39 is 0 Å². The standard InChI is InChI=1S/C12H16S/c1-10-6-5-9-12(10)13-11-7-3-2-4-8-11/h2-4,7-8,10,12H,5-6,9H2,1H3/t10-,12+/m1/s1. The highest BCUT2D eigenvalue weighted by Gasteiger charge is 2.23. The molecule has 1 aliphatic rings. The monoisotopic (exact) mass is 192 g/mol. The second kappa shape index (κ2) is 4.19. The van der Waals surface area contributed by atoms with Gasteiger partial charge < -0.3 is 0 Å². The number of thioether (sulfide) groups is 1. The number of benzene rings is 1. The van der Waals surface area contributed by atoms with Crippen molar-refractivity contribution < 1.29 is 0 Å². The van der Waals surface area contributed by atoms with Crippen LogP contribution in [0.3, 0.4) is 0 Å². The van der Waals surface area contributed by atoms with Crippen LogP contribution in [0.4, 0.5) is 0 Å². The molecule has 0 unspecified atom stereocenters. The first-order valence-electron chi connectivity index (χ1n) is 5.08. The van der Waals surface area contributed by atoms with Crippen LogP contribution < -0.4 is 0 Å². The van der Waals surface area contributed by atoms with E-state index in [1.807, 2.05) is 0 Å². The molecule has 2 rings (SSSR count). The van der Waals surface area contributed by atoms with Crippen molar-refractivity contribution in [2.75, 3.05) is 0 Å². The Bertz CT molecular complexity index is 255. The van der Waals surface area contributed by atoms with E-state index in [-0.39, 0.29) is 0 Å². The first kappa shape index (κ1) is 9.14. The normalized spacial score (nSPS) is 27.8. The Labute approximate surface area is 84.7 Å². The molecule has 0 radical (unpaired) electrons. The average molecular weight is 192 g/mol. The van der Waals surface area contributed by atoms with E-state index in [0.717, 1.165) is 11.2 Å². The number of hydrogen-bond donors (Lipinski definition) is 0. The molecule has 0 aromatic heterocycles. The summed E-state index contributed by atoms with van der Waals surface area (Å²) < 4.78 is 0. The molecular weight excluding hydrogens is 176 g/mol. The fraction of sp³-hybridized carbons (Fsp3) is 0.500. The largest absolute Gasteiger partial charge is 0.122 e. The maximum Gasteiger partial charge on any atom is 0.0120 e. The van der Waals surface area contributed by atoms with Gasteiger partial charge in [-0.1, -0.05) is 31.5 Å². The lowest BCUT2D eigenvalue weighted by Gasteiger charge is -2.14. The third kappa shape index (κ3) is 2.28. The Hall–Kier alpha value is -0.430. The summed E-state index contributed by atoms with van der Waals surface area (Å²) in [5, 5.41) is 0.863. The fourth-order valence-electron chi connectivity index (χ4n) is 1.96. The van der Waals surface area contributed by atoms with Crippen molar-refractivity contribution in [3.8, 4) is 0 Å². The molecule has 1 fully saturated rings. The minimum absolute atomic E-state index is 0.863. The molecule has 0 amide bonds. The lowest BCUT2D eigenvalue weighted by molar-refractivity contribution is 0.624. The van der Waals surface area contributed by atoms with Crippen LogP contribution >= 0.6 is 11.8 Å². The van der Waals surface area contributed by atoms with Gasteiger partial charge in [0.15, 0.2) is 0 Å². The smallest absolute Gasteiger partial charge is 0.0120 e. The summed E-state index contributed by atoms with van der Waals surface area (Å²) in [6, 6.07) is 10.8. The van der Waals surface area contributed by atoms with Crippen LogP contribution in [0.15, 0.2) is 35.2 Å². The van der Waals surface area contributed by atoms with Crippen LogP contribution in [0.2, 0.25) is 0 Å². The van der Waals surface area contributed by atoms with E-state index in [1.165, 1.54) is 24.2 Å². The lowest BCUT2D eigenvalue weighted by atomic mass is 10.1. The summed E-state index contributed by atoms with van der Waals surface area (Å²) in [5.74, 6) is 0.908. The van der Waals surface area contributed by atoms with Gasteiger partial charge in [-0.05, 0) is 30.9 Å². The van der Waals surface area contributed by atoms with E-state index in [4.69, 9.17) is 0 Å². The van der Waals surface area contributed by atoms with Crippen LogP contribution in [-0.4, -0.2) is 5.25 Å². The summed E-state index contributed by atoms with van der Waals surface area (Å²) >= 11 is 2.06. The molecule has 1 aliphatic carbocycles. The summed E-state index contributed by atoms with van der Waals surface area (Å²) in [6.45, 7) is 2.38. The molecule has 0 nitrogen and oxygen atoms in total. The summed E-state index contributed by atoms with van der Waals surface area (Å²) in [7, 11) is 0. The quantitative estimate of drug-likeness (QED) is 0.683. The minimum Gasteiger partial charge on any atom is -0.122 e. The SMILES string of the molecule is C[C@@H]1CCC[C@@H]1Sc1ccccc1. The van der Waals surface area contributed by atoms with E-state index in [1.54, 1.807) is 0 Å². The van der Waals surface area contributed by atoms with Gasteiger partial charge in [-0.2, -0.15) is 0 Å². The van der Waals surface area contributed by atoms with Gasteiger partial charge in [0, 0.05) is 10.1 Å². The van der Waals surface area contributed by atoms with Crippen molar-refractivity contribution in [3.05, 3.63) is 30.3 Å². The van der Waals surface area contributed by atoms with Crippen molar-refractivity contribution in [1.29, 1.82) is 0 Å². The second-order valence-electron chi connectivity index (χ2n) is 3.88. The van der Waals surface area contributed by atoms with Gasteiger partial charge >= 0.3 is 0 Å². The first-order chi connectivity index (χ1) is 6.36. The highest BCUT2D eigenvalue weighted by atomic mass is 32.2. The Morgan fingerprint density at radius 2 is 1.92 bits per heavy atom. The maximum atomic E-state index is 2.38. The van der Waals surface area contributed by atoms with E-state index in [2.05, 4.69) is 49.0 Å². The third-order valence-electron chi connectivity index (χ3n) is 2.81. The first-order valence-corrected chi connectivity index (χ1v) is 5.96. The van der Waals surface area contributed by atoms with Crippen LogP contribution in [0.1, 0.15) is 26.2 Å². The van der Waals surface area contributed by atoms with Gasteiger partial charge in [0.1, 0.15) is 0 Å². The predicted octanol–water partition coefficient (Wildman–Crippen LogP) is 3.97. The summed E-state index contributed by atoms with van der Waals surface area (Å²) in [5.41, 5.74) is 0. The summed E-state index contributed by atoms with van der Waals surface area (Å²) in [6.07, 6.45) is 4.25. The molecule has 0 aliphatic heterocycles. The molecule has 0 spiro atoms. The molecule has 13 heavy (non-hydrogen) atoms. The van der Waals surface area contributed by atoms with E-state index >= 15 is 0 Å². The molecule has 0 bridgehead atoms. The maximum absolute atomic E-state index is 2.38. The van der Waals surface area contributed by atoms with E-state index in [9.17, 15) is 0 Å². The molecule has 1 aromatic carbocycles. The fourth-order valence-corrected chi connectivity index (χ4v) is 3.28. The number of hydrogen-bond acceptors (Lipinski definition) is 1. The Morgan fingerprint density at radius 1 is 1.15 bits per heavy atom. The van der Waals surface area contributed by atoms with Crippen LogP contribution in [0.25, 0.3) is 0 Å². The van der Waals surface area contributed by atoms with Gasteiger partial charge in [-0.25, -0.2) is 0 Å². The van der Waals surface area contributed by atoms with Crippen molar-refractivity contribution in [3.63, 3.8) is 0 Å².